The van der Waals surface area contributed by atoms with Gasteiger partial charge < -0.3 is 14.8 Å². The summed E-state index contributed by atoms with van der Waals surface area (Å²) in [7, 11) is 1.31. The Morgan fingerprint density at radius 2 is 1.83 bits per heavy atom. The maximum Gasteiger partial charge on any atom is 0.358 e. The van der Waals surface area contributed by atoms with Gasteiger partial charge in [0.25, 0.3) is 0 Å². The second-order valence-electron chi connectivity index (χ2n) is 5.37. The molecule has 0 bridgehead atoms. The SMILES string of the molecule is COC(=O)c1ccc(N[C@H](C)c2ccccc2OC(C)C)nn1. The van der Waals surface area contributed by atoms with Gasteiger partial charge in [-0.1, -0.05) is 18.2 Å². The van der Waals surface area contributed by atoms with E-state index in [-0.39, 0.29) is 17.8 Å². The molecule has 0 aliphatic carbocycles. The zero-order valence-corrected chi connectivity index (χ0v) is 13.7. The van der Waals surface area contributed by atoms with Crippen molar-refractivity contribution in [2.75, 3.05) is 12.4 Å². The molecule has 23 heavy (non-hydrogen) atoms. The number of nitrogens with one attached hydrogen (secondary N) is 1. The first-order valence-electron chi connectivity index (χ1n) is 7.45. The van der Waals surface area contributed by atoms with Crippen LogP contribution in [-0.4, -0.2) is 29.4 Å². The van der Waals surface area contributed by atoms with Gasteiger partial charge in [-0.2, -0.15) is 0 Å². The van der Waals surface area contributed by atoms with Crippen LogP contribution in [-0.2, 0) is 4.74 Å². The van der Waals surface area contributed by atoms with E-state index in [4.69, 9.17) is 4.74 Å². The van der Waals surface area contributed by atoms with Crippen LogP contribution in [0.2, 0.25) is 0 Å². The lowest BCUT2D eigenvalue weighted by Crippen LogP contribution is -2.13. The van der Waals surface area contributed by atoms with Gasteiger partial charge in [0, 0.05) is 5.56 Å². The number of rotatable bonds is 6. The molecule has 1 aromatic heterocycles. The average Bonchev–Trinajstić information content (AvgIpc) is 2.54. The maximum atomic E-state index is 11.4. The lowest BCUT2D eigenvalue weighted by molar-refractivity contribution is 0.0593. The van der Waals surface area contributed by atoms with Gasteiger partial charge >= 0.3 is 5.97 Å². The Bertz CT molecular complexity index is 656. The Balaban J connectivity index is 2.13. The van der Waals surface area contributed by atoms with Crippen molar-refractivity contribution < 1.29 is 14.3 Å². The average molecular weight is 315 g/mol. The van der Waals surface area contributed by atoms with Crippen LogP contribution in [0.5, 0.6) is 5.75 Å². The third-order valence-corrected chi connectivity index (χ3v) is 3.17. The zero-order chi connectivity index (χ0) is 16.8. The molecule has 0 spiro atoms. The van der Waals surface area contributed by atoms with Crippen molar-refractivity contribution in [3.05, 3.63) is 47.7 Å². The van der Waals surface area contributed by atoms with E-state index >= 15 is 0 Å². The summed E-state index contributed by atoms with van der Waals surface area (Å²) < 4.78 is 10.4. The summed E-state index contributed by atoms with van der Waals surface area (Å²) in [5.74, 6) is 0.902. The largest absolute Gasteiger partial charge is 0.491 e. The van der Waals surface area contributed by atoms with Crippen LogP contribution in [0.4, 0.5) is 5.82 Å². The fourth-order valence-corrected chi connectivity index (χ4v) is 2.12. The molecular weight excluding hydrogens is 294 g/mol. The van der Waals surface area contributed by atoms with Gasteiger partial charge in [0.2, 0.25) is 0 Å². The van der Waals surface area contributed by atoms with Gasteiger partial charge in [0.1, 0.15) is 11.6 Å². The molecule has 0 radical (unpaired) electrons. The second kappa shape index (κ2) is 7.58. The van der Waals surface area contributed by atoms with Gasteiger partial charge in [0.15, 0.2) is 5.69 Å². The molecule has 2 aromatic rings. The Kier molecular flexibility index (Phi) is 5.51. The molecule has 0 aliphatic rings. The summed E-state index contributed by atoms with van der Waals surface area (Å²) in [6.45, 7) is 6.00. The van der Waals surface area contributed by atoms with Crippen molar-refractivity contribution in [3.8, 4) is 5.75 Å². The van der Waals surface area contributed by atoms with Crippen LogP contribution in [0.25, 0.3) is 0 Å². The quantitative estimate of drug-likeness (QED) is 0.825. The van der Waals surface area contributed by atoms with E-state index in [9.17, 15) is 4.79 Å². The van der Waals surface area contributed by atoms with Crippen LogP contribution >= 0.6 is 0 Å². The molecule has 1 N–H and O–H groups in total. The normalized spacial score (nSPS) is 11.9. The van der Waals surface area contributed by atoms with E-state index in [0.29, 0.717) is 5.82 Å². The lowest BCUT2D eigenvalue weighted by atomic mass is 10.1. The molecule has 0 saturated heterocycles. The highest BCUT2D eigenvalue weighted by Crippen LogP contribution is 2.27. The Hall–Kier alpha value is -2.63. The lowest BCUT2D eigenvalue weighted by Gasteiger charge is -2.20. The van der Waals surface area contributed by atoms with Gasteiger partial charge in [-0.3, -0.25) is 0 Å². The van der Waals surface area contributed by atoms with Gasteiger partial charge in [-0.25, -0.2) is 4.79 Å². The molecule has 1 heterocycles. The first kappa shape index (κ1) is 16.7. The summed E-state index contributed by atoms with van der Waals surface area (Å²) in [6, 6.07) is 11.1. The van der Waals surface area contributed by atoms with Crippen molar-refractivity contribution in [1.82, 2.24) is 10.2 Å². The molecule has 6 nitrogen and oxygen atoms in total. The van der Waals surface area contributed by atoms with E-state index in [2.05, 4.69) is 20.3 Å². The van der Waals surface area contributed by atoms with E-state index in [1.807, 2.05) is 45.0 Å². The summed E-state index contributed by atoms with van der Waals surface area (Å²) in [4.78, 5) is 11.4. The van der Waals surface area contributed by atoms with Crippen molar-refractivity contribution in [2.24, 2.45) is 0 Å². The highest BCUT2D eigenvalue weighted by molar-refractivity contribution is 5.86. The Morgan fingerprint density at radius 3 is 2.43 bits per heavy atom. The fraction of sp³-hybridized carbons (Fsp3) is 0.353. The number of nitrogens with zero attached hydrogens (tertiary/aromatic N) is 2. The first-order chi connectivity index (χ1) is 11.0. The molecule has 2 rings (SSSR count). The molecular formula is C17H21N3O3. The van der Waals surface area contributed by atoms with Crippen LogP contribution in [0, 0.1) is 0 Å². The number of ether oxygens (including phenoxy) is 2. The minimum Gasteiger partial charge on any atom is -0.491 e. The number of benzene rings is 1. The van der Waals surface area contributed by atoms with Gasteiger partial charge in [-0.05, 0) is 39.0 Å². The monoisotopic (exact) mass is 315 g/mol. The van der Waals surface area contributed by atoms with Crippen LogP contribution in [0.3, 0.4) is 0 Å². The number of carbonyl (C=O) groups is 1. The van der Waals surface area contributed by atoms with E-state index in [1.165, 1.54) is 7.11 Å². The smallest absolute Gasteiger partial charge is 0.358 e. The third-order valence-electron chi connectivity index (χ3n) is 3.17. The summed E-state index contributed by atoms with van der Waals surface area (Å²) in [5, 5.41) is 11.1. The minimum absolute atomic E-state index is 0.0248. The third kappa shape index (κ3) is 4.42. The molecule has 122 valence electrons. The molecule has 6 heteroatoms. The van der Waals surface area contributed by atoms with Crippen molar-refractivity contribution in [3.63, 3.8) is 0 Å². The second-order valence-corrected chi connectivity index (χ2v) is 5.37. The van der Waals surface area contributed by atoms with Crippen molar-refractivity contribution in [2.45, 2.75) is 32.9 Å². The number of hydrogen-bond acceptors (Lipinski definition) is 6. The Morgan fingerprint density at radius 1 is 1.09 bits per heavy atom. The molecule has 0 aliphatic heterocycles. The minimum atomic E-state index is -0.507. The van der Waals surface area contributed by atoms with Crippen molar-refractivity contribution >= 4 is 11.8 Å². The summed E-state index contributed by atoms with van der Waals surface area (Å²) in [6.07, 6.45) is 0.0995. The molecule has 0 saturated carbocycles. The summed E-state index contributed by atoms with van der Waals surface area (Å²) in [5.41, 5.74) is 1.20. The summed E-state index contributed by atoms with van der Waals surface area (Å²) >= 11 is 0. The molecule has 0 fully saturated rings. The number of methoxy groups -OCH3 is 1. The van der Waals surface area contributed by atoms with E-state index in [0.717, 1.165) is 11.3 Å². The van der Waals surface area contributed by atoms with E-state index in [1.54, 1.807) is 12.1 Å². The predicted molar refractivity (Wildman–Crippen MR) is 87.6 cm³/mol. The highest BCUT2D eigenvalue weighted by Gasteiger charge is 2.14. The number of para-hydroxylation sites is 1. The predicted octanol–water partition coefficient (Wildman–Crippen LogP) is 3.22. The van der Waals surface area contributed by atoms with Crippen LogP contribution in [0.15, 0.2) is 36.4 Å². The number of esters is 1. The number of anilines is 1. The standard InChI is InChI=1S/C17H21N3O3/c1-11(2)23-15-8-6-5-7-13(15)12(3)18-16-10-9-14(19-20-16)17(21)22-4/h5-12H,1-4H3,(H,18,20)/t12-/m1/s1. The van der Waals surface area contributed by atoms with Gasteiger partial charge in [-0.15, -0.1) is 10.2 Å². The number of hydrogen-bond donors (Lipinski definition) is 1. The molecule has 0 amide bonds. The Labute approximate surface area is 135 Å². The van der Waals surface area contributed by atoms with Crippen LogP contribution in [0.1, 0.15) is 42.9 Å². The fourth-order valence-electron chi connectivity index (χ4n) is 2.12. The number of aromatic nitrogens is 2. The molecule has 1 atom stereocenters. The molecule has 0 unspecified atom stereocenters. The molecule has 1 aromatic carbocycles. The zero-order valence-electron chi connectivity index (χ0n) is 13.7. The van der Waals surface area contributed by atoms with E-state index < -0.39 is 5.97 Å². The van der Waals surface area contributed by atoms with Gasteiger partial charge in [0.05, 0.1) is 19.3 Å². The van der Waals surface area contributed by atoms with Crippen molar-refractivity contribution in [1.29, 1.82) is 0 Å². The highest BCUT2D eigenvalue weighted by atomic mass is 16.5. The number of carbonyl (C=O) groups excluding carboxylic acids is 1. The van der Waals surface area contributed by atoms with Crippen LogP contribution < -0.4 is 10.1 Å². The topological polar surface area (TPSA) is 73.3 Å². The maximum absolute atomic E-state index is 11.4. The first-order valence-corrected chi connectivity index (χ1v) is 7.45.